The van der Waals surface area contributed by atoms with Crippen molar-refractivity contribution < 1.29 is 0 Å². The predicted molar refractivity (Wildman–Crippen MR) is 62.9 cm³/mol. The van der Waals surface area contributed by atoms with Crippen molar-refractivity contribution in [2.24, 2.45) is 0 Å². The van der Waals surface area contributed by atoms with Crippen molar-refractivity contribution in [1.29, 1.82) is 0 Å². The normalized spacial score (nSPS) is 10.0. The van der Waals surface area contributed by atoms with E-state index in [2.05, 4.69) is 38.0 Å². The summed E-state index contributed by atoms with van der Waals surface area (Å²) in [6.45, 7) is 6.67. The maximum Gasteiger partial charge on any atom is 0.206 e. The largest absolute Gasteiger partial charge is 0.360 e. The quantitative estimate of drug-likeness (QED) is 0.841. The number of nitrogens with zero attached hydrogens (tertiary/aromatic N) is 2. The van der Waals surface area contributed by atoms with E-state index in [4.69, 9.17) is 0 Å². The van der Waals surface area contributed by atoms with Gasteiger partial charge in [-0.1, -0.05) is 45.6 Å². The molecular formula is C7H10BrN3S2. The smallest absolute Gasteiger partial charge is 0.206 e. The Labute approximate surface area is 94.2 Å². The van der Waals surface area contributed by atoms with E-state index in [0.29, 0.717) is 0 Å². The van der Waals surface area contributed by atoms with Crippen LogP contribution in [-0.4, -0.2) is 22.5 Å². The number of nitrogens with one attached hydrogen (secondary N) is 1. The molecule has 72 valence electrons. The van der Waals surface area contributed by atoms with Crippen LogP contribution in [0.4, 0.5) is 5.13 Å². The molecule has 0 fully saturated rings. The molecule has 1 aromatic heterocycles. The molecule has 13 heavy (non-hydrogen) atoms. The van der Waals surface area contributed by atoms with Crippen LogP contribution in [0, 0.1) is 0 Å². The van der Waals surface area contributed by atoms with E-state index in [0.717, 1.165) is 26.3 Å². The van der Waals surface area contributed by atoms with Crippen molar-refractivity contribution in [3.05, 3.63) is 11.1 Å². The number of anilines is 1. The van der Waals surface area contributed by atoms with Gasteiger partial charge in [-0.05, 0) is 11.4 Å². The molecular weight excluding hydrogens is 270 g/mol. The summed E-state index contributed by atoms with van der Waals surface area (Å²) in [6, 6.07) is 0. The molecule has 0 bridgehead atoms. The number of aromatic nitrogens is 2. The van der Waals surface area contributed by atoms with Gasteiger partial charge in [-0.2, -0.15) is 0 Å². The Bertz CT molecular complexity index is 287. The van der Waals surface area contributed by atoms with Crippen LogP contribution in [0.5, 0.6) is 0 Å². The van der Waals surface area contributed by atoms with Crippen LogP contribution < -0.4 is 5.32 Å². The Morgan fingerprint density at radius 1 is 1.69 bits per heavy atom. The average Bonchev–Trinajstić information content (AvgIpc) is 2.50. The van der Waals surface area contributed by atoms with E-state index in [1.54, 1.807) is 23.1 Å². The zero-order valence-electron chi connectivity index (χ0n) is 7.21. The summed E-state index contributed by atoms with van der Waals surface area (Å²) < 4.78 is 1.94. The maximum atomic E-state index is 4.01. The number of rotatable bonds is 5. The van der Waals surface area contributed by atoms with Gasteiger partial charge in [0.2, 0.25) is 5.13 Å². The van der Waals surface area contributed by atoms with Crippen LogP contribution in [-0.2, 0) is 0 Å². The first-order valence-electron chi connectivity index (χ1n) is 3.76. The predicted octanol–water partition coefficient (Wildman–Crippen LogP) is 2.97. The van der Waals surface area contributed by atoms with Crippen molar-refractivity contribution in [3.63, 3.8) is 0 Å². The van der Waals surface area contributed by atoms with Crippen LogP contribution in [0.15, 0.2) is 15.4 Å². The van der Waals surface area contributed by atoms with E-state index >= 15 is 0 Å². The standard InChI is InChI=1S/C7H10BrN3S2/c1-3-9-6-10-11-7(13-6)12-4-5(2)8/h2-4H2,1H3,(H,9,10). The molecule has 0 aliphatic carbocycles. The molecule has 1 aromatic rings. The minimum absolute atomic E-state index is 0.834. The third kappa shape index (κ3) is 4.10. The second-order valence-corrected chi connectivity index (χ2v) is 5.53. The molecule has 1 N–H and O–H groups in total. The lowest BCUT2D eigenvalue weighted by Crippen LogP contribution is -1.94. The SMILES string of the molecule is C=C(Br)CSc1nnc(NCC)s1. The van der Waals surface area contributed by atoms with Gasteiger partial charge in [-0.15, -0.1) is 10.2 Å². The van der Waals surface area contributed by atoms with Gasteiger partial charge in [0.1, 0.15) is 0 Å². The molecule has 3 nitrogen and oxygen atoms in total. The van der Waals surface area contributed by atoms with E-state index in [1.807, 2.05) is 6.92 Å². The van der Waals surface area contributed by atoms with Gasteiger partial charge in [0.05, 0.1) is 0 Å². The zero-order chi connectivity index (χ0) is 9.68. The number of hydrogen-bond donors (Lipinski definition) is 1. The Morgan fingerprint density at radius 3 is 3.08 bits per heavy atom. The van der Waals surface area contributed by atoms with E-state index in [9.17, 15) is 0 Å². The van der Waals surface area contributed by atoms with Crippen molar-refractivity contribution in [1.82, 2.24) is 10.2 Å². The van der Waals surface area contributed by atoms with Gasteiger partial charge >= 0.3 is 0 Å². The average molecular weight is 280 g/mol. The summed E-state index contributed by atoms with van der Waals surface area (Å²) in [5, 5.41) is 12.0. The molecule has 0 unspecified atom stereocenters. The topological polar surface area (TPSA) is 37.8 Å². The molecule has 1 rings (SSSR count). The molecule has 1 heterocycles. The third-order valence-corrected chi connectivity index (χ3v) is 3.84. The second kappa shape index (κ2) is 5.62. The first kappa shape index (κ1) is 11.0. The highest BCUT2D eigenvalue weighted by atomic mass is 79.9. The van der Waals surface area contributed by atoms with Gasteiger partial charge in [0.15, 0.2) is 4.34 Å². The van der Waals surface area contributed by atoms with Crippen molar-refractivity contribution in [2.45, 2.75) is 11.3 Å². The van der Waals surface area contributed by atoms with Crippen molar-refractivity contribution in [3.8, 4) is 0 Å². The fraction of sp³-hybridized carbons (Fsp3) is 0.429. The minimum atomic E-state index is 0.834. The fourth-order valence-corrected chi connectivity index (χ4v) is 2.55. The third-order valence-electron chi connectivity index (χ3n) is 1.09. The fourth-order valence-electron chi connectivity index (χ4n) is 0.631. The van der Waals surface area contributed by atoms with E-state index in [-0.39, 0.29) is 0 Å². The van der Waals surface area contributed by atoms with Gasteiger partial charge < -0.3 is 5.32 Å². The lowest BCUT2D eigenvalue weighted by Gasteiger charge is -1.92. The molecule has 0 amide bonds. The molecule has 0 aliphatic heterocycles. The molecule has 6 heteroatoms. The molecule has 0 saturated carbocycles. The first-order chi connectivity index (χ1) is 6.22. The summed E-state index contributed by atoms with van der Waals surface area (Å²) in [5.74, 6) is 0.834. The lowest BCUT2D eigenvalue weighted by molar-refractivity contribution is 1.00. The maximum absolute atomic E-state index is 4.01. The Balaban J connectivity index is 2.44. The molecule has 0 radical (unpaired) electrons. The second-order valence-electron chi connectivity index (χ2n) is 2.21. The highest BCUT2D eigenvalue weighted by molar-refractivity contribution is 9.11. The van der Waals surface area contributed by atoms with Crippen LogP contribution in [0.1, 0.15) is 6.92 Å². The highest BCUT2D eigenvalue weighted by Crippen LogP contribution is 2.27. The number of hydrogen-bond acceptors (Lipinski definition) is 5. The number of thioether (sulfide) groups is 1. The van der Waals surface area contributed by atoms with Gasteiger partial charge in [0.25, 0.3) is 0 Å². The van der Waals surface area contributed by atoms with E-state index in [1.165, 1.54) is 0 Å². The molecule has 0 atom stereocenters. The summed E-state index contributed by atoms with van der Waals surface area (Å²) in [5.41, 5.74) is 0. The lowest BCUT2D eigenvalue weighted by atomic mass is 10.8. The van der Waals surface area contributed by atoms with Crippen molar-refractivity contribution in [2.75, 3.05) is 17.6 Å². The number of halogens is 1. The van der Waals surface area contributed by atoms with Crippen LogP contribution in [0.25, 0.3) is 0 Å². The minimum Gasteiger partial charge on any atom is -0.360 e. The molecule has 0 spiro atoms. The molecule has 0 aromatic carbocycles. The zero-order valence-corrected chi connectivity index (χ0v) is 10.4. The summed E-state index contributed by atoms with van der Waals surface area (Å²) in [4.78, 5) is 0. The first-order valence-corrected chi connectivity index (χ1v) is 6.35. The highest BCUT2D eigenvalue weighted by Gasteiger charge is 2.03. The Hall–Kier alpha value is -0.0700. The van der Waals surface area contributed by atoms with Crippen molar-refractivity contribution >= 4 is 44.2 Å². The summed E-state index contributed by atoms with van der Waals surface area (Å²) in [6.07, 6.45) is 0. The van der Waals surface area contributed by atoms with Gasteiger partial charge in [-0.25, -0.2) is 0 Å². The molecule has 0 aliphatic rings. The van der Waals surface area contributed by atoms with Gasteiger partial charge in [-0.3, -0.25) is 0 Å². The summed E-state index contributed by atoms with van der Waals surface area (Å²) >= 11 is 6.50. The Kier molecular flexibility index (Phi) is 4.76. The van der Waals surface area contributed by atoms with Crippen LogP contribution >= 0.6 is 39.0 Å². The Morgan fingerprint density at radius 2 is 2.46 bits per heavy atom. The van der Waals surface area contributed by atoms with Gasteiger partial charge in [0, 0.05) is 12.3 Å². The van der Waals surface area contributed by atoms with E-state index < -0.39 is 0 Å². The summed E-state index contributed by atoms with van der Waals surface area (Å²) in [7, 11) is 0. The molecule has 0 saturated heterocycles. The van der Waals surface area contributed by atoms with Crippen LogP contribution in [0.3, 0.4) is 0 Å². The monoisotopic (exact) mass is 279 g/mol. The van der Waals surface area contributed by atoms with Crippen LogP contribution in [0.2, 0.25) is 0 Å².